The van der Waals surface area contributed by atoms with Crippen LogP contribution in [0.2, 0.25) is 5.02 Å². The summed E-state index contributed by atoms with van der Waals surface area (Å²) in [6.07, 6.45) is -3.09. The van der Waals surface area contributed by atoms with Gasteiger partial charge in [0.1, 0.15) is 5.82 Å². The molecule has 0 radical (unpaired) electrons. The minimum Gasteiger partial charge on any atom is -0.310 e. The monoisotopic (exact) mass is 391 g/mol. The van der Waals surface area contributed by atoms with Gasteiger partial charge in [0.25, 0.3) is 0 Å². The molecule has 1 aromatic heterocycles. The zero-order chi connectivity index (χ0) is 19.2. The third kappa shape index (κ3) is 3.19. The Morgan fingerprint density at radius 3 is 2.63 bits per heavy atom. The molecule has 2 heterocycles. The van der Waals surface area contributed by atoms with E-state index in [2.05, 4.69) is 10.4 Å². The molecule has 0 unspecified atom stereocenters. The highest BCUT2D eigenvalue weighted by Gasteiger charge is 2.38. The smallest absolute Gasteiger partial charge is 0.310 e. The lowest BCUT2D eigenvalue weighted by Crippen LogP contribution is -2.26. The zero-order valence-corrected chi connectivity index (χ0v) is 14.6. The van der Waals surface area contributed by atoms with Crippen molar-refractivity contribution in [3.05, 3.63) is 76.4 Å². The second kappa shape index (κ2) is 6.42. The molecule has 1 aliphatic heterocycles. The van der Waals surface area contributed by atoms with Crippen molar-refractivity contribution in [1.82, 2.24) is 9.78 Å². The highest BCUT2D eigenvalue weighted by atomic mass is 35.5. The number of rotatable bonds is 2. The standard InChI is InChI=1S/C19H13ClF3N3O/c20-11-4-3-5-12(8-11)26-18-15(10-24-26)14(9-17(27)25-18)13-6-1-2-7-16(13)19(21,22)23/h1-8,10,14H,9H2,(H,25,27)/t14-/m1/s1. The molecule has 8 heteroatoms. The normalized spacial score (nSPS) is 16.7. The summed E-state index contributed by atoms with van der Waals surface area (Å²) >= 11 is 6.02. The Balaban J connectivity index is 1.86. The molecule has 0 aliphatic carbocycles. The van der Waals surface area contributed by atoms with Crippen molar-refractivity contribution in [1.29, 1.82) is 0 Å². The number of hydrogen-bond acceptors (Lipinski definition) is 2. The molecule has 1 atom stereocenters. The van der Waals surface area contributed by atoms with Crippen LogP contribution in [0.5, 0.6) is 0 Å². The summed E-state index contributed by atoms with van der Waals surface area (Å²) in [5.41, 5.74) is 0.456. The molecule has 1 N–H and O–H groups in total. The van der Waals surface area contributed by atoms with E-state index in [9.17, 15) is 18.0 Å². The molecule has 3 aromatic rings. The molecule has 0 saturated carbocycles. The van der Waals surface area contributed by atoms with Crippen LogP contribution in [-0.2, 0) is 11.0 Å². The Morgan fingerprint density at radius 2 is 1.89 bits per heavy atom. The van der Waals surface area contributed by atoms with Gasteiger partial charge >= 0.3 is 6.18 Å². The van der Waals surface area contributed by atoms with Gasteiger partial charge in [0, 0.05) is 22.9 Å². The Kier molecular flexibility index (Phi) is 4.19. The van der Waals surface area contributed by atoms with Gasteiger partial charge in [0.05, 0.1) is 17.4 Å². The highest BCUT2D eigenvalue weighted by molar-refractivity contribution is 6.30. The number of benzene rings is 2. The van der Waals surface area contributed by atoms with Crippen LogP contribution in [0.4, 0.5) is 19.0 Å². The average Bonchev–Trinajstić information content (AvgIpc) is 3.04. The van der Waals surface area contributed by atoms with Crippen molar-refractivity contribution in [3.8, 4) is 5.69 Å². The summed E-state index contributed by atoms with van der Waals surface area (Å²) in [5, 5.41) is 7.48. The van der Waals surface area contributed by atoms with E-state index in [0.29, 0.717) is 22.1 Å². The summed E-state index contributed by atoms with van der Waals surface area (Å²) in [5.74, 6) is -0.747. The maximum Gasteiger partial charge on any atom is 0.416 e. The molecule has 1 amide bonds. The van der Waals surface area contributed by atoms with Gasteiger partial charge in [-0.2, -0.15) is 18.3 Å². The van der Waals surface area contributed by atoms with Crippen LogP contribution in [0, 0.1) is 0 Å². The van der Waals surface area contributed by atoms with Crippen molar-refractivity contribution < 1.29 is 18.0 Å². The summed E-state index contributed by atoms with van der Waals surface area (Å²) < 4.78 is 41.8. The maximum absolute atomic E-state index is 13.5. The summed E-state index contributed by atoms with van der Waals surface area (Å²) in [4.78, 5) is 12.3. The van der Waals surface area contributed by atoms with Crippen molar-refractivity contribution in [3.63, 3.8) is 0 Å². The molecule has 4 rings (SSSR count). The number of fused-ring (bicyclic) bond motifs is 1. The van der Waals surface area contributed by atoms with E-state index in [1.165, 1.54) is 29.1 Å². The molecular weight excluding hydrogens is 379 g/mol. The number of alkyl halides is 3. The lowest BCUT2D eigenvalue weighted by molar-refractivity contribution is -0.138. The Bertz CT molecular complexity index is 1030. The van der Waals surface area contributed by atoms with Crippen LogP contribution in [0.25, 0.3) is 5.69 Å². The predicted octanol–water partition coefficient (Wildman–Crippen LogP) is 5.02. The number of nitrogens with zero attached hydrogens (tertiary/aromatic N) is 2. The van der Waals surface area contributed by atoms with Crippen molar-refractivity contribution in [2.75, 3.05) is 5.32 Å². The lowest BCUT2D eigenvalue weighted by atomic mass is 9.84. The minimum absolute atomic E-state index is 0.0618. The second-order valence-electron chi connectivity index (χ2n) is 6.23. The molecule has 0 fully saturated rings. The van der Waals surface area contributed by atoms with E-state index in [1.54, 1.807) is 24.3 Å². The van der Waals surface area contributed by atoms with Crippen LogP contribution < -0.4 is 5.32 Å². The molecule has 2 aromatic carbocycles. The predicted molar refractivity (Wildman–Crippen MR) is 95.1 cm³/mol. The van der Waals surface area contributed by atoms with E-state index < -0.39 is 17.7 Å². The third-order valence-corrected chi connectivity index (χ3v) is 4.75. The first-order valence-corrected chi connectivity index (χ1v) is 8.52. The number of nitrogens with one attached hydrogen (secondary N) is 1. The van der Waals surface area contributed by atoms with E-state index in [-0.39, 0.29) is 17.9 Å². The van der Waals surface area contributed by atoms with Crippen LogP contribution in [0.15, 0.2) is 54.7 Å². The van der Waals surface area contributed by atoms with Gasteiger partial charge in [-0.1, -0.05) is 35.9 Å². The zero-order valence-electron chi connectivity index (χ0n) is 13.8. The quantitative estimate of drug-likeness (QED) is 0.666. The fourth-order valence-electron chi connectivity index (χ4n) is 3.36. The number of aromatic nitrogens is 2. The number of halogens is 4. The molecule has 1 aliphatic rings. The Labute approximate surface area is 157 Å². The largest absolute Gasteiger partial charge is 0.416 e. The lowest BCUT2D eigenvalue weighted by Gasteiger charge is -2.26. The molecule has 0 saturated heterocycles. The average molecular weight is 392 g/mol. The molecule has 0 spiro atoms. The number of carbonyl (C=O) groups excluding carboxylic acids is 1. The Hall–Kier alpha value is -2.80. The van der Waals surface area contributed by atoms with Crippen LogP contribution in [-0.4, -0.2) is 15.7 Å². The molecule has 27 heavy (non-hydrogen) atoms. The number of anilines is 1. The highest BCUT2D eigenvalue weighted by Crippen LogP contribution is 2.43. The Morgan fingerprint density at radius 1 is 1.11 bits per heavy atom. The van der Waals surface area contributed by atoms with Crippen LogP contribution in [0.3, 0.4) is 0 Å². The number of amides is 1. The van der Waals surface area contributed by atoms with Gasteiger partial charge in [-0.15, -0.1) is 0 Å². The number of hydrogen-bond donors (Lipinski definition) is 1. The van der Waals surface area contributed by atoms with E-state index in [1.807, 2.05) is 0 Å². The first kappa shape index (κ1) is 17.6. The minimum atomic E-state index is -4.51. The van der Waals surface area contributed by atoms with Gasteiger partial charge < -0.3 is 5.32 Å². The SMILES string of the molecule is O=C1C[C@H](c2ccccc2C(F)(F)F)c2cnn(-c3cccc(Cl)c3)c2N1. The fourth-order valence-corrected chi connectivity index (χ4v) is 3.54. The van der Waals surface area contributed by atoms with E-state index in [0.717, 1.165) is 6.07 Å². The van der Waals surface area contributed by atoms with Crippen molar-refractivity contribution in [2.24, 2.45) is 0 Å². The summed E-state index contributed by atoms with van der Waals surface area (Å²) in [7, 11) is 0. The van der Waals surface area contributed by atoms with E-state index >= 15 is 0 Å². The van der Waals surface area contributed by atoms with Gasteiger partial charge in [-0.25, -0.2) is 4.68 Å². The molecular formula is C19H13ClF3N3O. The maximum atomic E-state index is 13.5. The van der Waals surface area contributed by atoms with Gasteiger partial charge in [-0.05, 0) is 29.8 Å². The summed E-state index contributed by atoms with van der Waals surface area (Å²) in [6, 6.07) is 12.2. The fraction of sp³-hybridized carbons (Fsp3) is 0.158. The van der Waals surface area contributed by atoms with Crippen molar-refractivity contribution >= 4 is 23.3 Å². The first-order chi connectivity index (χ1) is 12.8. The molecule has 4 nitrogen and oxygen atoms in total. The van der Waals surface area contributed by atoms with Gasteiger partial charge in [-0.3, -0.25) is 4.79 Å². The topological polar surface area (TPSA) is 46.9 Å². The van der Waals surface area contributed by atoms with Gasteiger partial charge in [0.15, 0.2) is 0 Å². The third-order valence-electron chi connectivity index (χ3n) is 4.51. The molecule has 0 bridgehead atoms. The second-order valence-corrected chi connectivity index (χ2v) is 6.67. The van der Waals surface area contributed by atoms with Crippen LogP contribution in [0.1, 0.15) is 29.0 Å². The van der Waals surface area contributed by atoms with Crippen LogP contribution >= 0.6 is 11.6 Å². The van der Waals surface area contributed by atoms with Gasteiger partial charge in [0.2, 0.25) is 5.91 Å². The van der Waals surface area contributed by atoms with Crippen molar-refractivity contribution in [2.45, 2.75) is 18.5 Å². The number of carbonyl (C=O) groups is 1. The summed E-state index contributed by atoms with van der Waals surface area (Å²) in [6.45, 7) is 0. The molecule has 138 valence electrons. The first-order valence-electron chi connectivity index (χ1n) is 8.14. The van der Waals surface area contributed by atoms with E-state index in [4.69, 9.17) is 11.6 Å².